The van der Waals surface area contributed by atoms with Crippen molar-refractivity contribution < 1.29 is 5.11 Å². The van der Waals surface area contributed by atoms with E-state index >= 15 is 0 Å². The second-order valence-electron chi connectivity index (χ2n) is 3.79. The first-order chi connectivity index (χ1) is 6.18. The highest BCUT2D eigenvalue weighted by Gasteiger charge is 2.20. The van der Waals surface area contributed by atoms with Crippen LogP contribution < -0.4 is 0 Å². The minimum Gasteiger partial charge on any atom is -0.508 e. The molecule has 2 rings (SSSR count). The van der Waals surface area contributed by atoms with Crippen molar-refractivity contribution in [2.45, 2.75) is 19.4 Å². The number of nitrogens with zero attached hydrogens (tertiary/aromatic N) is 1. The molecule has 0 saturated carbocycles. The van der Waals surface area contributed by atoms with Crippen LogP contribution in [0.2, 0.25) is 0 Å². The fourth-order valence-corrected chi connectivity index (χ4v) is 1.93. The number of phenolic OH excluding ortho intramolecular Hbond substituents is 1. The summed E-state index contributed by atoms with van der Waals surface area (Å²) in [7, 11) is 2.12. The normalized spacial score (nSPS) is 22.8. The van der Waals surface area contributed by atoms with Gasteiger partial charge in [0.2, 0.25) is 0 Å². The van der Waals surface area contributed by atoms with Gasteiger partial charge in [0.1, 0.15) is 5.75 Å². The van der Waals surface area contributed by atoms with E-state index in [1.54, 1.807) is 6.07 Å². The zero-order valence-electron chi connectivity index (χ0n) is 8.12. The van der Waals surface area contributed by atoms with Crippen LogP contribution in [0.25, 0.3) is 0 Å². The van der Waals surface area contributed by atoms with E-state index in [4.69, 9.17) is 0 Å². The van der Waals surface area contributed by atoms with E-state index in [9.17, 15) is 5.11 Å². The van der Waals surface area contributed by atoms with Crippen molar-refractivity contribution in [3.63, 3.8) is 0 Å². The molecule has 0 amide bonds. The second-order valence-corrected chi connectivity index (χ2v) is 3.79. The van der Waals surface area contributed by atoms with E-state index in [1.807, 2.05) is 12.1 Å². The van der Waals surface area contributed by atoms with Crippen LogP contribution in [0.3, 0.4) is 0 Å². The van der Waals surface area contributed by atoms with E-state index in [2.05, 4.69) is 18.9 Å². The van der Waals surface area contributed by atoms with Crippen LogP contribution >= 0.6 is 0 Å². The lowest BCUT2D eigenvalue weighted by atomic mass is 9.94. The number of benzene rings is 1. The maximum absolute atomic E-state index is 9.37. The maximum Gasteiger partial charge on any atom is 0.115 e. The number of rotatable bonds is 0. The number of hydrogen-bond donors (Lipinski definition) is 1. The molecule has 2 nitrogen and oxygen atoms in total. The molecule has 0 fully saturated rings. The lowest BCUT2D eigenvalue weighted by Gasteiger charge is -2.32. The minimum atomic E-state index is 0.376. The van der Waals surface area contributed by atoms with Crippen LogP contribution in [0.5, 0.6) is 5.75 Å². The van der Waals surface area contributed by atoms with Gasteiger partial charge < -0.3 is 5.11 Å². The Labute approximate surface area is 78.8 Å². The Bertz CT molecular complexity index is 322. The Morgan fingerprint density at radius 1 is 1.46 bits per heavy atom. The van der Waals surface area contributed by atoms with Gasteiger partial charge in [-0.3, -0.25) is 4.90 Å². The second kappa shape index (κ2) is 3.04. The largest absolute Gasteiger partial charge is 0.508 e. The van der Waals surface area contributed by atoms with Gasteiger partial charge in [0.25, 0.3) is 0 Å². The van der Waals surface area contributed by atoms with Gasteiger partial charge in [-0.15, -0.1) is 0 Å². The quantitative estimate of drug-likeness (QED) is 0.654. The summed E-state index contributed by atoms with van der Waals surface area (Å²) in [4.78, 5) is 2.31. The lowest BCUT2D eigenvalue weighted by Crippen LogP contribution is -2.30. The Morgan fingerprint density at radius 2 is 2.23 bits per heavy atom. The summed E-state index contributed by atoms with van der Waals surface area (Å²) in [6.45, 7) is 3.29. The van der Waals surface area contributed by atoms with Gasteiger partial charge in [0.15, 0.2) is 0 Å². The van der Waals surface area contributed by atoms with E-state index < -0.39 is 0 Å². The van der Waals surface area contributed by atoms with Crippen LogP contribution in [-0.2, 0) is 6.42 Å². The first-order valence-corrected chi connectivity index (χ1v) is 4.70. The van der Waals surface area contributed by atoms with Crippen LogP contribution in [0.1, 0.15) is 24.1 Å². The van der Waals surface area contributed by atoms with Crippen molar-refractivity contribution >= 4 is 0 Å². The minimum absolute atomic E-state index is 0.376. The summed E-state index contributed by atoms with van der Waals surface area (Å²) in [6.07, 6.45) is 1.09. The van der Waals surface area contributed by atoms with Gasteiger partial charge >= 0.3 is 0 Å². The first-order valence-electron chi connectivity index (χ1n) is 4.70. The number of fused-ring (bicyclic) bond motifs is 1. The van der Waals surface area contributed by atoms with Gasteiger partial charge in [-0.1, -0.05) is 6.07 Å². The zero-order chi connectivity index (χ0) is 9.42. The van der Waals surface area contributed by atoms with E-state index in [0.717, 1.165) is 13.0 Å². The van der Waals surface area contributed by atoms with E-state index in [1.165, 1.54) is 11.1 Å². The summed E-state index contributed by atoms with van der Waals surface area (Å²) in [6, 6.07) is 6.12. The highest BCUT2D eigenvalue weighted by molar-refractivity contribution is 5.38. The molecule has 0 bridgehead atoms. The smallest absolute Gasteiger partial charge is 0.115 e. The molecular weight excluding hydrogens is 162 g/mol. The van der Waals surface area contributed by atoms with Crippen molar-refractivity contribution in [1.29, 1.82) is 0 Å². The Hall–Kier alpha value is -1.02. The number of hydrogen-bond acceptors (Lipinski definition) is 2. The van der Waals surface area contributed by atoms with Gasteiger partial charge in [-0.05, 0) is 43.7 Å². The molecule has 0 aromatic heterocycles. The first kappa shape index (κ1) is 8.57. The molecule has 1 aromatic carbocycles. The zero-order valence-corrected chi connectivity index (χ0v) is 8.12. The monoisotopic (exact) mass is 177 g/mol. The lowest BCUT2D eigenvalue weighted by molar-refractivity contribution is 0.247. The molecule has 0 aliphatic carbocycles. The summed E-state index contributed by atoms with van der Waals surface area (Å²) in [5, 5.41) is 9.37. The molecule has 0 radical (unpaired) electrons. The van der Waals surface area contributed by atoms with Crippen molar-refractivity contribution in [3.05, 3.63) is 29.3 Å². The third-order valence-electron chi connectivity index (χ3n) is 2.97. The molecule has 1 unspecified atom stereocenters. The fourth-order valence-electron chi connectivity index (χ4n) is 1.93. The van der Waals surface area contributed by atoms with Crippen molar-refractivity contribution in [2.24, 2.45) is 0 Å². The molecular formula is C11H15NO. The third-order valence-corrected chi connectivity index (χ3v) is 2.97. The molecule has 1 N–H and O–H groups in total. The molecule has 1 atom stereocenters. The average molecular weight is 177 g/mol. The molecule has 0 saturated heterocycles. The fraction of sp³-hybridized carbons (Fsp3) is 0.455. The van der Waals surface area contributed by atoms with Gasteiger partial charge in [0.05, 0.1) is 0 Å². The predicted molar refractivity (Wildman–Crippen MR) is 52.9 cm³/mol. The van der Waals surface area contributed by atoms with Crippen molar-refractivity contribution in [3.8, 4) is 5.75 Å². The average Bonchev–Trinajstić information content (AvgIpc) is 2.12. The summed E-state index contributed by atoms with van der Waals surface area (Å²) < 4.78 is 0. The van der Waals surface area contributed by atoms with Crippen LogP contribution in [0.15, 0.2) is 18.2 Å². The molecule has 1 heterocycles. The topological polar surface area (TPSA) is 23.5 Å². The molecule has 1 aromatic rings. The Morgan fingerprint density at radius 3 is 3.00 bits per heavy atom. The van der Waals surface area contributed by atoms with Crippen LogP contribution in [-0.4, -0.2) is 23.6 Å². The summed E-state index contributed by atoms with van der Waals surface area (Å²) in [5.74, 6) is 0.376. The predicted octanol–water partition coefficient (Wildman–Crippen LogP) is 1.94. The summed E-state index contributed by atoms with van der Waals surface area (Å²) >= 11 is 0. The molecule has 1 aliphatic heterocycles. The van der Waals surface area contributed by atoms with Gasteiger partial charge in [-0.25, -0.2) is 0 Å². The molecule has 0 spiro atoms. The number of aromatic hydroxyl groups is 1. The van der Waals surface area contributed by atoms with Crippen molar-refractivity contribution in [2.75, 3.05) is 13.6 Å². The highest BCUT2D eigenvalue weighted by Crippen LogP contribution is 2.30. The molecule has 13 heavy (non-hydrogen) atoms. The van der Waals surface area contributed by atoms with Crippen molar-refractivity contribution in [1.82, 2.24) is 4.90 Å². The summed E-state index contributed by atoms with van der Waals surface area (Å²) in [5.41, 5.74) is 2.65. The molecule has 70 valence electrons. The van der Waals surface area contributed by atoms with Gasteiger partial charge in [0, 0.05) is 12.6 Å². The van der Waals surface area contributed by atoms with E-state index in [-0.39, 0.29) is 0 Å². The third kappa shape index (κ3) is 1.42. The number of likely N-dealkylation sites (N-methyl/N-ethyl adjacent to an activating group) is 1. The van der Waals surface area contributed by atoms with E-state index in [0.29, 0.717) is 11.8 Å². The standard InChI is InChI=1S/C11H15NO/c1-8-11-7-10(13)4-3-9(11)5-6-12(8)2/h3-4,7-8,13H,5-6H2,1-2H3. The highest BCUT2D eigenvalue weighted by atomic mass is 16.3. The number of phenols is 1. The Balaban J connectivity index is 2.45. The maximum atomic E-state index is 9.37. The molecule has 1 aliphatic rings. The Kier molecular flexibility index (Phi) is 2.00. The van der Waals surface area contributed by atoms with Gasteiger partial charge in [-0.2, -0.15) is 0 Å². The van der Waals surface area contributed by atoms with Crippen LogP contribution in [0, 0.1) is 0 Å². The SMILES string of the molecule is CC1c2cc(O)ccc2CCN1C. The molecule has 2 heteroatoms. The van der Waals surface area contributed by atoms with Crippen LogP contribution in [0.4, 0.5) is 0 Å².